The van der Waals surface area contributed by atoms with Crippen molar-refractivity contribution in [2.24, 2.45) is 17.6 Å². The van der Waals surface area contributed by atoms with Crippen molar-refractivity contribution in [3.8, 4) is 0 Å². The lowest BCUT2D eigenvalue weighted by Gasteiger charge is -2.26. The van der Waals surface area contributed by atoms with Crippen molar-refractivity contribution in [2.45, 2.75) is 19.9 Å². The molecule has 1 aromatic heterocycles. The third-order valence-corrected chi connectivity index (χ3v) is 5.72. The Kier molecular flexibility index (Phi) is 6.06. The molecule has 8 heteroatoms. The van der Waals surface area contributed by atoms with Crippen LogP contribution in [0.2, 0.25) is 0 Å². The Morgan fingerprint density at radius 2 is 2.00 bits per heavy atom. The number of pyridine rings is 1. The van der Waals surface area contributed by atoms with Gasteiger partial charge >= 0.3 is 0 Å². The highest BCUT2D eigenvalue weighted by Crippen LogP contribution is 2.39. The van der Waals surface area contributed by atoms with Gasteiger partial charge in [0.2, 0.25) is 10.0 Å². The number of hydrogen-bond donors (Lipinski definition) is 1. The number of nitrogens with two attached hydrogens (primary N) is 1. The first-order valence-electron chi connectivity index (χ1n) is 8.15. The Balaban J connectivity index is 2.33. The van der Waals surface area contributed by atoms with E-state index in [0.717, 1.165) is 30.1 Å². The zero-order valence-corrected chi connectivity index (χ0v) is 15.7. The number of anilines is 2. The van der Waals surface area contributed by atoms with E-state index in [0.29, 0.717) is 31.4 Å². The molecule has 1 aliphatic carbocycles. The van der Waals surface area contributed by atoms with Gasteiger partial charge in [0.15, 0.2) is 0 Å². The van der Waals surface area contributed by atoms with Gasteiger partial charge in [0.1, 0.15) is 11.6 Å². The summed E-state index contributed by atoms with van der Waals surface area (Å²) < 4.78 is 30.1. The fraction of sp³-hybridized carbons (Fsp3) is 0.688. The average molecular weight is 356 g/mol. The van der Waals surface area contributed by atoms with Crippen LogP contribution in [0.25, 0.3) is 0 Å². The number of methoxy groups -OCH3 is 1. The third-order valence-electron chi connectivity index (χ3n) is 4.53. The molecule has 0 aromatic carbocycles. The van der Waals surface area contributed by atoms with Crippen molar-refractivity contribution in [1.29, 1.82) is 0 Å². The number of sulfonamides is 1. The minimum atomic E-state index is -3.37. The minimum Gasteiger partial charge on any atom is -0.383 e. The number of rotatable bonds is 9. The zero-order valence-electron chi connectivity index (χ0n) is 14.9. The Bertz CT molecular complexity index is 665. The van der Waals surface area contributed by atoms with E-state index in [2.05, 4.69) is 16.8 Å². The molecule has 0 spiro atoms. The fourth-order valence-electron chi connectivity index (χ4n) is 2.60. The maximum absolute atomic E-state index is 11.8. The van der Waals surface area contributed by atoms with Crippen LogP contribution >= 0.6 is 0 Å². The normalized spacial score (nSPS) is 20.0. The molecule has 0 aliphatic heterocycles. The molecule has 0 radical (unpaired) electrons. The largest absolute Gasteiger partial charge is 0.383 e. The molecule has 1 aliphatic rings. The van der Waals surface area contributed by atoms with Crippen LogP contribution in [0.15, 0.2) is 12.1 Å². The molecule has 7 nitrogen and oxygen atoms in total. The molecule has 1 heterocycles. The van der Waals surface area contributed by atoms with Crippen LogP contribution in [0.3, 0.4) is 0 Å². The van der Waals surface area contributed by atoms with Crippen molar-refractivity contribution in [2.75, 3.05) is 49.3 Å². The Hall–Kier alpha value is -1.38. The molecule has 1 aromatic rings. The lowest BCUT2D eigenvalue weighted by molar-refractivity contribution is 0.204. The first-order chi connectivity index (χ1) is 11.3. The quantitative estimate of drug-likeness (QED) is 0.711. The van der Waals surface area contributed by atoms with E-state index in [1.54, 1.807) is 13.2 Å². The maximum Gasteiger partial charge on any atom is 0.233 e. The van der Waals surface area contributed by atoms with Crippen molar-refractivity contribution in [3.63, 3.8) is 0 Å². The van der Waals surface area contributed by atoms with Crippen LogP contribution < -0.4 is 14.9 Å². The van der Waals surface area contributed by atoms with Crippen LogP contribution in [0.4, 0.5) is 11.6 Å². The van der Waals surface area contributed by atoms with Crippen molar-refractivity contribution >= 4 is 21.7 Å². The van der Waals surface area contributed by atoms with E-state index in [1.807, 2.05) is 6.07 Å². The molecule has 0 amide bonds. The predicted octanol–water partition coefficient (Wildman–Crippen LogP) is 1.04. The highest BCUT2D eigenvalue weighted by Gasteiger charge is 2.34. The average Bonchev–Trinajstić information content (AvgIpc) is 3.24. The minimum absolute atomic E-state index is 0.331. The van der Waals surface area contributed by atoms with Gasteiger partial charge < -0.3 is 15.4 Å². The smallest absolute Gasteiger partial charge is 0.233 e. The summed E-state index contributed by atoms with van der Waals surface area (Å²) in [4.78, 5) is 6.73. The van der Waals surface area contributed by atoms with Gasteiger partial charge in [-0.15, -0.1) is 0 Å². The van der Waals surface area contributed by atoms with E-state index < -0.39 is 10.0 Å². The molecule has 1 fully saturated rings. The van der Waals surface area contributed by atoms with E-state index in [9.17, 15) is 8.42 Å². The fourth-order valence-corrected chi connectivity index (χ4v) is 3.04. The van der Waals surface area contributed by atoms with Crippen LogP contribution in [-0.2, 0) is 21.3 Å². The first-order valence-corrected chi connectivity index (χ1v) is 10.00. The standard InChI is InChI=1S/C16H28N4O3S/c1-12-7-14(12)11-20(5-6-23-3)16-9-13(10-17)8-15(18-16)19(2)24(4,21)22/h8-9,12,14H,5-7,10-11,17H2,1-4H3/t12-,14+/m0/s1. The molecular weight excluding hydrogens is 328 g/mol. The van der Waals surface area contributed by atoms with Crippen molar-refractivity contribution < 1.29 is 13.2 Å². The monoisotopic (exact) mass is 356 g/mol. The number of ether oxygens (including phenoxy) is 1. The molecule has 2 rings (SSSR count). The summed E-state index contributed by atoms with van der Waals surface area (Å²) in [6.45, 7) is 4.77. The summed E-state index contributed by atoms with van der Waals surface area (Å²) in [7, 11) is -0.198. The summed E-state index contributed by atoms with van der Waals surface area (Å²) in [5.74, 6) is 2.52. The van der Waals surface area contributed by atoms with E-state index in [-0.39, 0.29) is 0 Å². The van der Waals surface area contributed by atoms with Gasteiger partial charge in [-0.05, 0) is 36.0 Å². The molecule has 2 N–H and O–H groups in total. The molecule has 0 unspecified atom stereocenters. The second-order valence-electron chi connectivity index (χ2n) is 6.54. The van der Waals surface area contributed by atoms with Gasteiger partial charge in [-0.1, -0.05) is 6.92 Å². The molecule has 136 valence electrons. The molecule has 2 atom stereocenters. The molecule has 0 bridgehead atoms. The second kappa shape index (κ2) is 7.67. The van der Waals surface area contributed by atoms with Crippen LogP contribution in [0, 0.1) is 11.8 Å². The summed E-state index contributed by atoms with van der Waals surface area (Å²) in [5.41, 5.74) is 6.65. The molecular formula is C16H28N4O3S. The van der Waals surface area contributed by atoms with E-state index >= 15 is 0 Å². The number of hydrogen-bond acceptors (Lipinski definition) is 6. The van der Waals surface area contributed by atoms with Crippen molar-refractivity contribution in [1.82, 2.24) is 4.98 Å². The van der Waals surface area contributed by atoms with Gasteiger partial charge in [0, 0.05) is 33.8 Å². The summed E-state index contributed by atoms with van der Waals surface area (Å²) in [6.07, 6.45) is 2.38. The maximum atomic E-state index is 11.8. The third kappa shape index (κ3) is 4.81. The SMILES string of the molecule is COCCN(C[C@H]1C[C@@H]1C)c1cc(CN)cc(N(C)S(C)(=O)=O)n1. The van der Waals surface area contributed by atoms with Gasteiger partial charge in [-0.3, -0.25) is 4.31 Å². The Morgan fingerprint density at radius 1 is 1.38 bits per heavy atom. The summed E-state index contributed by atoms with van der Waals surface area (Å²) >= 11 is 0. The Morgan fingerprint density at radius 3 is 2.50 bits per heavy atom. The molecule has 0 saturated heterocycles. The highest BCUT2D eigenvalue weighted by atomic mass is 32.2. The summed E-state index contributed by atoms with van der Waals surface area (Å²) in [6, 6.07) is 3.65. The van der Waals surface area contributed by atoms with E-state index in [1.165, 1.54) is 17.8 Å². The van der Waals surface area contributed by atoms with Crippen molar-refractivity contribution in [3.05, 3.63) is 17.7 Å². The number of nitrogens with zero attached hydrogens (tertiary/aromatic N) is 3. The van der Waals surface area contributed by atoms with Gasteiger partial charge in [0.05, 0.1) is 12.9 Å². The zero-order chi connectivity index (χ0) is 17.9. The number of aromatic nitrogens is 1. The highest BCUT2D eigenvalue weighted by molar-refractivity contribution is 7.92. The second-order valence-corrected chi connectivity index (χ2v) is 8.55. The van der Waals surface area contributed by atoms with Gasteiger partial charge in [-0.25, -0.2) is 13.4 Å². The predicted molar refractivity (Wildman–Crippen MR) is 96.7 cm³/mol. The van der Waals surface area contributed by atoms with E-state index in [4.69, 9.17) is 10.5 Å². The topological polar surface area (TPSA) is 88.8 Å². The van der Waals surface area contributed by atoms with Gasteiger partial charge in [0.25, 0.3) is 0 Å². The summed E-state index contributed by atoms with van der Waals surface area (Å²) in [5, 5.41) is 0. The van der Waals surface area contributed by atoms with Gasteiger partial charge in [-0.2, -0.15) is 0 Å². The van der Waals surface area contributed by atoms with Crippen LogP contribution in [-0.4, -0.2) is 53.5 Å². The lowest BCUT2D eigenvalue weighted by atomic mass is 10.2. The van der Waals surface area contributed by atoms with Crippen LogP contribution in [0.1, 0.15) is 18.9 Å². The molecule has 1 saturated carbocycles. The first kappa shape index (κ1) is 19.0. The Labute approximate surface area is 144 Å². The van der Waals surface area contributed by atoms with Crippen LogP contribution in [0.5, 0.6) is 0 Å². The lowest BCUT2D eigenvalue weighted by Crippen LogP contribution is -2.32. The molecule has 24 heavy (non-hydrogen) atoms.